The monoisotopic (exact) mass is 533 g/mol. The highest BCUT2D eigenvalue weighted by Gasteiger charge is 2.34. The third-order valence-corrected chi connectivity index (χ3v) is 6.79. The lowest BCUT2D eigenvalue weighted by molar-refractivity contribution is -0.138. The topological polar surface area (TPSA) is 74.8 Å². The second kappa shape index (κ2) is 10.0. The minimum absolute atomic E-state index is 0.0916. The summed E-state index contributed by atoms with van der Waals surface area (Å²) in [6.45, 7) is 5.73. The molecule has 5 aromatic rings. The summed E-state index contributed by atoms with van der Waals surface area (Å²) in [5, 5.41) is 0.880. The normalized spacial score (nSPS) is 11.8. The van der Waals surface area contributed by atoms with Gasteiger partial charge in [-0.1, -0.05) is 12.1 Å². The molecule has 0 aliphatic rings. The molecule has 0 radical (unpaired) electrons. The Kier molecular flexibility index (Phi) is 6.71. The summed E-state index contributed by atoms with van der Waals surface area (Å²) in [5.41, 5.74) is 3.07. The summed E-state index contributed by atoms with van der Waals surface area (Å²) in [6.07, 6.45) is -0.0288. The molecule has 0 atom stereocenters. The molecule has 0 aliphatic carbocycles. The molecular formula is C29H26F3N5O2. The summed E-state index contributed by atoms with van der Waals surface area (Å²) in [4.78, 5) is 26.2. The van der Waals surface area contributed by atoms with E-state index in [0.717, 1.165) is 44.4 Å². The first-order valence-corrected chi connectivity index (χ1v) is 12.3. The molecule has 7 nitrogen and oxygen atoms in total. The summed E-state index contributed by atoms with van der Waals surface area (Å²) >= 11 is 0. The van der Waals surface area contributed by atoms with E-state index >= 15 is 0 Å². The first-order chi connectivity index (χ1) is 18.5. The molecule has 39 heavy (non-hydrogen) atoms. The van der Waals surface area contributed by atoms with E-state index in [4.69, 9.17) is 9.72 Å². The van der Waals surface area contributed by atoms with Crippen molar-refractivity contribution in [1.82, 2.24) is 24.1 Å². The van der Waals surface area contributed by atoms with E-state index in [1.54, 1.807) is 12.3 Å². The van der Waals surface area contributed by atoms with Crippen LogP contribution in [0.15, 0.2) is 65.8 Å². The van der Waals surface area contributed by atoms with Gasteiger partial charge in [-0.25, -0.2) is 9.97 Å². The molecule has 5 rings (SSSR count). The van der Waals surface area contributed by atoms with Gasteiger partial charge in [-0.3, -0.25) is 9.78 Å². The number of imidazole rings is 1. The summed E-state index contributed by atoms with van der Waals surface area (Å²) in [6, 6.07) is 11.4. The molecule has 0 fully saturated rings. The average molecular weight is 534 g/mol. The maximum atomic E-state index is 13.3. The number of benzene rings is 1. The van der Waals surface area contributed by atoms with Crippen molar-refractivity contribution in [3.8, 4) is 17.1 Å². The predicted octanol–water partition coefficient (Wildman–Crippen LogP) is 5.76. The van der Waals surface area contributed by atoms with Crippen molar-refractivity contribution in [3.05, 3.63) is 105 Å². The molecule has 0 amide bonds. The molecule has 200 valence electrons. The van der Waals surface area contributed by atoms with Crippen LogP contribution in [-0.2, 0) is 26.4 Å². The molecule has 0 N–H and O–H groups in total. The van der Waals surface area contributed by atoms with Crippen LogP contribution in [0.25, 0.3) is 22.3 Å². The van der Waals surface area contributed by atoms with Crippen molar-refractivity contribution in [1.29, 1.82) is 0 Å². The molecule has 0 bridgehead atoms. The highest BCUT2D eigenvalue weighted by Crippen LogP contribution is 2.33. The smallest absolute Gasteiger partial charge is 0.421 e. The van der Waals surface area contributed by atoms with E-state index in [-0.39, 0.29) is 13.2 Å². The molecule has 0 saturated carbocycles. The van der Waals surface area contributed by atoms with E-state index in [1.807, 2.05) is 62.8 Å². The van der Waals surface area contributed by atoms with E-state index < -0.39 is 17.3 Å². The number of pyridine rings is 3. The first kappa shape index (κ1) is 26.1. The number of alkyl halides is 3. The number of nitrogens with zero attached hydrogens (tertiary/aromatic N) is 5. The standard InChI is InChI=1S/C29H26F3N5O2/c1-17-10-11-33-24(15-37-12-6-8-23(28(37)38)29(30,31)32)22(17)16-39-25-9-5-7-20-21(13-18(2)35-26(20)25)27-34-14-19(3)36(27)4/h5-14H,15-16H2,1-4H3. The summed E-state index contributed by atoms with van der Waals surface area (Å²) < 4.78 is 49.1. The minimum atomic E-state index is -4.74. The first-order valence-electron chi connectivity index (χ1n) is 12.3. The fourth-order valence-electron chi connectivity index (χ4n) is 4.56. The zero-order chi connectivity index (χ0) is 27.9. The Bertz CT molecular complexity index is 1750. The molecule has 4 heterocycles. The number of hydrogen-bond acceptors (Lipinski definition) is 5. The van der Waals surface area contributed by atoms with Crippen molar-refractivity contribution in [2.24, 2.45) is 7.05 Å². The van der Waals surface area contributed by atoms with Gasteiger partial charge in [0.1, 0.15) is 29.3 Å². The zero-order valence-electron chi connectivity index (χ0n) is 21.9. The van der Waals surface area contributed by atoms with Gasteiger partial charge in [-0.15, -0.1) is 0 Å². The van der Waals surface area contributed by atoms with Crippen LogP contribution in [0.2, 0.25) is 0 Å². The highest BCUT2D eigenvalue weighted by atomic mass is 19.4. The Morgan fingerprint density at radius 3 is 2.54 bits per heavy atom. The molecular weight excluding hydrogens is 507 g/mol. The minimum Gasteiger partial charge on any atom is -0.487 e. The van der Waals surface area contributed by atoms with Gasteiger partial charge < -0.3 is 13.9 Å². The van der Waals surface area contributed by atoms with Gasteiger partial charge in [0, 0.05) is 53.5 Å². The summed E-state index contributed by atoms with van der Waals surface area (Å²) in [7, 11) is 1.96. The van der Waals surface area contributed by atoms with Crippen LogP contribution in [0.4, 0.5) is 13.2 Å². The number of aromatic nitrogens is 5. The van der Waals surface area contributed by atoms with Crippen LogP contribution in [0.5, 0.6) is 5.75 Å². The van der Waals surface area contributed by atoms with E-state index in [2.05, 4.69) is 9.97 Å². The summed E-state index contributed by atoms with van der Waals surface area (Å²) in [5.74, 6) is 1.37. The third kappa shape index (κ3) is 5.01. The van der Waals surface area contributed by atoms with Gasteiger partial charge in [0.2, 0.25) is 0 Å². The van der Waals surface area contributed by atoms with Gasteiger partial charge in [-0.05, 0) is 56.7 Å². The van der Waals surface area contributed by atoms with Gasteiger partial charge in [-0.2, -0.15) is 13.2 Å². The quantitative estimate of drug-likeness (QED) is 0.277. The molecule has 0 aliphatic heterocycles. The van der Waals surface area contributed by atoms with Gasteiger partial charge in [0.05, 0.1) is 12.2 Å². The fourth-order valence-corrected chi connectivity index (χ4v) is 4.56. The number of para-hydroxylation sites is 1. The predicted molar refractivity (Wildman–Crippen MR) is 142 cm³/mol. The second-order valence-electron chi connectivity index (χ2n) is 9.44. The van der Waals surface area contributed by atoms with Gasteiger partial charge in [0.25, 0.3) is 5.56 Å². The average Bonchev–Trinajstić information content (AvgIpc) is 3.21. The van der Waals surface area contributed by atoms with Gasteiger partial charge in [0.15, 0.2) is 0 Å². The highest BCUT2D eigenvalue weighted by molar-refractivity contribution is 5.96. The lowest BCUT2D eigenvalue weighted by Crippen LogP contribution is -2.29. The number of hydrogen-bond donors (Lipinski definition) is 0. The van der Waals surface area contributed by atoms with Crippen molar-refractivity contribution in [3.63, 3.8) is 0 Å². The Morgan fingerprint density at radius 2 is 1.82 bits per heavy atom. The lowest BCUT2D eigenvalue weighted by atomic mass is 10.1. The Morgan fingerprint density at radius 1 is 1.03 bits per heavy atom. The van der Waals surface area contributed by atoms with Crippen LogP contribution in [0.1, 0.15) is 33.8 Å². The molecule has 10 heteroatoms. The van der Waals surface area contributed by atoms with Crippen molar-refractivity contribution < 1.29 is 17.9 Å². The number of halogens is 3. The number of aryl methyl sites for hydroxylation is 3. The molecule has 0 unspecified atom stereocenters. The maximum absolute atomic E-state index is 13.3. The molecule has 0 saturated heterocycles. The van der Waals surface area contributed by atoms with Crippen molar-refractivity contribution >= 4 is 10.9 Å². The van der Waals surface area contributed by atoms with E-state index in [9.17, 15) is 18.0 Å². The Balaban J connectivity index is 1.50. The van der Waals surface area contributed by atoms with Crippen LogP contribution in [0.3, 0.4) is 0 Å². The van der Waals surface area contributed by atoms with Crippen molar-refractivity contribution in [2.75, 3.05) is 0 Å². The SMILES string of the molecule is Cc1cc(-c2ncc(C)n2C)c2cccc(OCc3c(C)ccnc3Cn3cccc(C(F)(F)F)c3=O)c2n1. The molecule has 0 spiro atoms. The molecule has 4 aromatic heterocycles. The van der Waals surface area contributed by atoms with Gasteiger partial charge >= 0.3 is 6.18 Å². The van der Waals surface area contributed by atoms with Crippen LogP contribution in [-0.4, -0.2) is 24.1 Å². The Hall–Kier alpha value is -4.47. The van der Waals surface area contributed by atoms with Crippen LogP contribution < -0.4 is 10.3 Å². The maximum Gasteiger partial charge on any atom is 0.421 e. The third-order valence-electron chi connectivity index (χ3n) is 6.79. The Labute approximate surface area is 222 Å². The van der Waals surface area contributed by atoms with Crippen molar-refractivity contribution in [2.45, 2.75) is 40.1 Å². The number of fused-ring (bicyclic) bond motifs is 1. The lowest BCUT2D eigenvalue weighted by Gasteiger charge is -2.16. The molecule has 1 aromatic carbocycles. The number of rotatable bonds is 6. The van der Waals surface area contributed by atoms with Crippen LogP contribution >= 0.6 is 0 Å². The number of ether oxygens (including phenoxy) is 1. The van der Waals surface area contributed by atoms with Crippen LogP contribution in [0, 0.1) is 20.8 Å². The largest absolute Gasteiger partial charge is 0.487 e. The second-order valence-corrected chi connectivity index (χ2v) is 9.44. The van der Waals surface area contributed by atoms with E-state index in [0.29, 0.717) is 22.5 Å². The zero-order valence-corrected chi connectivity index (χ0v) is 21.9. The van der Waals surface area contributed by atoms with E-state index in [1.165, 1.54) is 12.3 Å². The fraction of sp³-hybridized carbons (Fsp3) is 0.241.